The third kappa shape index (κ3) is 3.89. The Balaban J connectivity index is 1.55. The van der Waals surface area contributed by atoms with Gasteiger partial charge in [0.15, 0.2) is 11.0 Å². The van der Waals surface area contributed by atoms with Crippen LogP contribution in [-0.2, 0) is 12.3 Å². The van der Waals surface area contributed by atoms with E-state index in [1.807, 2.05) is 29.7 Å². The summed E-state index contributed by atoms with van der Waals surface area (Å²) in [6.07, 6.45) is 3.56. The van der Waals surface area contributed by atoms with E-state index in [9.17, 15) is 0 Å². The number of aryl methyl sites for hydroxylation is 1. The zero-order valence-corrected chi connectivity index (χ0v) is 16.5. The summed E-state index contributed by atoms with van der Waals surface area (Å²) < 4.78 is 7.67. The van der Waals surface area contributed by atoms with E-state index >= 15 is 0 Å². The van der Waals surface area contributed by atoms with Crippen LogP contribution >= 0.6 is 23.1 Å². The molecule has 27 heavy (non-hydrogen) atoms. The number of allylic oxidation sites excluding steroid dienone is 1. The van der Waals surface area contributed by atoms with E-state index < -0.39 is 0 Å². The molecule has 4 rings (SSSR count). The molecule has 0 bridgehead atoms. The van der Waals surface area contributed by atoms with Crippen molar-refractivity contribution in [2.45, 2.75) is 24.4 Å². The molecule has 0 N–H and O–H groups in total. The van der Waals surface area contributed by atoms with Crippen molar-refractivity contribution >= 4 is 23.1 Å². The van der Waals surface area contributed by atoms with E-state index in [-0.39, 0.29) is 0 Å². The first-order chi connectivity index (χ1) is 13.2. The highest BCUT2D eigenvalue weighted by Gasteiger charge is 2.15. The molecular weight excluding hydrogens is 376 g/mol. The summed E-state index contributed by atoms with van der Waals surface area (Å²) in [6, 6.07) is 12.3. The summed E-state index contributed by atoms with van der Waals surface area (Å²) >= 11 is 3.21. The van der Waals surface area contributed by atoms with Crippen molar-refractivity contribution in [3.05, 3.63) is 72.0 Å². The first-order valence-corrected chi connectivity index (χ1v) is 10.3. The van der Waals surface area contributed by atoms with Gasteiger partial charge in [-0.1, -0.05) is 47.7 Å². The Morgan fingerprint density at radius 1 is 1.26 bits per heavy atom. The molecule has 0 atom stereocenters. The van der Waals surface area contributed by atoms with Crippen molar-refractivity contribution in [2.24, 2.45) is 0 Å². The van der Waals surface area contributed by atoms with Gasteiger partial charge in [0, 0.05) is 17.9 Å². The van der Waals surface area contributed by atoms with Gasteiger partial charge >= 0.3 is 0 Å². The number of hydrogen-bond donors (Lipinski definition) is 0. The Hall–Kier alpha value is -2.64. The van der Waals surface area contributed by atoms with Gasteiger partial charge in [0.1, 0.15) is 6.26 Å². The highest BCUT2D eigenvalue weighted by atomic mass is 32.2. The van der Waals surface area contributed by atoms with E-state index in [1.54, 1.807) is 29.4 Å². The molecule has 1 aromatic carbocycles. The van der Waals surface area contributed by atoms with Crippen molar-refractivity contribution in [3.8, 4) is 22.2 Å². The first kappa shape index (κ1) is 17.8. The van der Waals surface area contributed by atoms with Gasteiger partial charge in [-0.25, -0.2) is 4.98 Å². The highest BCUT2D eigenvalue weighted by molar-refractivity contribution is 7.98. The predicted octanol–water partition coefficient (Wildman–Crippen LogP) is 5.45. The zero-order valence-electron chi connectivity index (χ0n) is 14.8. The molecule has 3 heterocycles. The van der Waals surface area contributed by atoms with Gasteiger partial charge in [0.05, 0.1) is 10.6 Å². The van der Waals surface area contributed by atoms with Gasteiger partial charge in [-0.15, -0.1) is 28.1 Å². The van der Waals surface area contributed by atoms with Crippen LogP contribution in [0.1, 0.15) is 11.3 Å². The Morgan fingerprint density at radius 3 is 2.96 bits per heavy atom. The minimum atomic E-state index is 0.651. The van der Waals surface area contributed by atoms with Gasteiger partial charge in [-0.3, -0.25) is 4.57 Å². The highest BCUT2D eigenvalue weighted by Crippen LogP contribution is 2.29. The third-order valence-electron chi connectivity index (χ3n) is 3.94. The summed E-state index contributed by atoms with van der Waals surface area (Å²) in [5.74, 6) is 2.17. The van der Waals surface area contributed by atoms with Crippen LogP contribution in [0, 0.1) is 6.92 Å². The Bertz CT molecular complexity index is 1050. The van der Waals surface area contributed by atoms with Crippen molar-refractivity contribution in [3.63, 3.8) is 0 Å². The van der Waals surface area contributed by atoms with E-state index in [1.165, 1.54) is 5.56 Å². The molecule has 0 saturated heterocycles. The van der Waals surface area contributed by atoms with Crippen LogP contribution in [0.4, 0.5) is 0 Å². The average molecular weight is 395 g/mol. The second-order valence-electron chi connectivity index (χ2n) is 5.98. The molecule has 0 amide bonds. The van der Waals surface area contributed by atoms with Gasteiger partial charge in [-0.2, -0.15) is 0 Å². The molecule has 5 nitrogen and oxygen atoms in total. The largest absolute Gasteiger partial charge is 0.444 e. The molecule has 0 radical (unpaired) electrons. The number of benzene rings is 1. The topological polar surface area (TPSA) is 56.7 Å². The second kappa shape index (κ2) is 7.94. The maximum absolute atomic E-state index is 5.59. The summed E-state index contributed by atoms with van der Waals surface area (Å²) in [4.78, 5) is 5.60. The van der Waals surface area contributed by atoms with E-state index in [0.717, 1.165) is 27.1 Å². The molecular formula is C20H18N4OS2. The van der Waals surface area contributed by atoms with Crippen LogP contribution in [0.15, 0.2) is 70.3 Å². The van der Waals surface area contributed by atoms with Crippen LogP contribution in [-0.4, -0.2) is 19.7 Å². The third-order valence-corrected chi connectivity index (χ3v) is 5.80. The van der Waals surface area contributed by atoms with Crippen molar-refractivity contribution in [1.82, 2.24) is 19.7 Å². The van der Waals surface area contributed by atoms with Crippen molar-refractivity contribution in [2.75, 3.05) is 0 Å². The Morgan fingerprint density at radius 2 is 2.19 bits per heavy atom. The van der Waals surface area contributed by atoms with Crippen LogP contribution in [0.2, 0.25) is 0 Å². The fraction of sp³-hybridized carbons (Fsp3) is 0.150. The normalized spacial score (nSPS) is 11.0. The van der Waals surface area contributed by atoms with E-state index in [2.05, 4.69) is 51.5 Å². The quantitative estimate of drug-likeness (QED) is 0.308. The molecule has 4 aromatic rings. The number of nitrogens with zero attached hydrogens (tertiary/aromatic N) is 4. The summed E-state index contributed by atoms with van der Waals surface area (Å²) in [6.45, 7) is 6.59. The van der Waals surface area contributed by atoms with Crippen LogP contribution in [0.25, 0.3) is 22.2 Å². The van der Waals surface area contributed by atoms with E-state index in [0.29, 0.717) is 18.2 Å². The molecule has 0 saturated carbocycles. The SMILES string of the molecule is C=CCn1c(SCc2coc(-c3cccs3)n2)nnc1-c1cccc(C)c1. The monoisotopic (exact) mass is 394 g/mol. The number of aromatic nitrogens is 4. The zero-order chi connectivity index (χ0) is 18.6. The smallest absolute Gasteiger partial charge is 0.236 e. The molecule has 3 aromatic heterocycles. The van der Waals surface area contributed by atoms with Gasteiger partial charge in [0.25, 0.3) is 0 Å². The van der Waals surface area contributed by atoms with Crippen molar-refractivity contribution in [1.29, 1.82) is 0 Å². The second-order valence-corrected chi connectivity index (χ2v) is 7.88. The molecule has 136 valence electrons. The maximum Gasteiger partial charge on any atom is 0.236 e. The maximum atomic E-state index is 5.59. The Labute approximate surface area is 165 Å². The summed E-state index contributed by atoms with van der Waals surface area (Å²) in [7, 11) is 0. The lowest BCUT2D eigenvalue weighted by atomic mass is 10.1. The van der Waals surface area contributed by atoms with Gasteiger partial charge < -0.3 is 4.42 Å². The lowest BCUT2D eigenvalue weighted by Crippen LogP contribution is -2.01. The fourth-order valence-corrected chi connectivity index (χ4v) is 4.19. The summed E-state index contributed by atoms with van der Waals surface area (Å²) in [5, 5.41) is 11.6. The van der Waals surface area contributed by atoms with Crippen LogP contribution in [0.5, 0.6) is 0 Å². The number of hydrogen-bond acceptors (Lipinski definition) is 6. The van der Waals surface area contributed by atoms with Gasteiger partial charge in [0.2, 0.25) is 5.89 Å². The molecule has 0 unspecified atom stereocenters. The lowest BCUT2D eigenvalue weighted by Gasteiger charge is -2.07. The molecule has 0 spiro atoms. The van der Waals surface area contributed by atoms with Crippen LogP contribution < -0.4 is 0 Å². The number of thiophene rings is 1. The molecule has 7 heteroatoms. The molecule has 0 aliphatic rings. The lowest BCUT2D eigenvalue weighted by molar-refractivity contribution is 0.575. The average Bonchev–Trinajstić information content (AvgIpc) is 3.41. The Kier molecular flexibility index (Phi) is 5.22. The predicted molar refractivity (Wildman–Crippen MR) is 110 cm³/mol. The molecule has 0 fully saturated rings. The summed E-state index contributed by atoms with van der Waals surface area (Å²) in [5.41, 5.74) is 3.13. The molecule has 0 aliphatic heterocycles. The number of thioether (sulfide) groups is 1. The first-order valence-electron chi connectivity index (χ1n) is 8.47. The fourth-order valence-electron chi connectivity index (χ4n) is 2.71. The van der Waals surface area contributed by atoms with E-state index in [4.69, 9.17) is 4.42 Å². The minimum Gasteiger partial charge on any atom is -0.444 e. The van der Waals surface area contributed by atoms with Crippen LogP contribution in [0.3, 0.4) is 0 Å². The van der Waals surface area contributed by atoms with Crippen molar-refractivity contribution < 1.29 is 4.42 Å². The molecule has 0 aliphatic carbocycles. The standard InChI is InChI=1S/C20H18N4OS2/c1-3-9-24-18(15-7-4-6-14(2)11-15)22-23-20(24)27-13-16-12-25-19(21-16)17-8-5-10-26-17/h3-8,10-12H,1,9,13H2,2H3. The number of rotatable bonds is 7. The minimum absolute atomic E-state index is 0.651. The van der Waals surface area contributed by atoms with Gasteiger partial charge in [-0.05, 0) is 24.4 Å². The number of oxazole rings is 1.